The molecule has 1 aromatic carbocycles. The molecule has 0 saturated heterocycles. The Morgan fingerprint density at radius 3 is 2.44 bits per heavy atom. The van der Waals surface area contributed by atoms with Crippen molar-refractivity contribution in [1.29, 1.82) is 0 Å². The Balaban J connectivity index is 1.87. The Bertz CT molecular complexity index is 769. The van der Waals surface area contributed by atoms with E-state index in [1.54, 1.807) is 12.4 Å². The standard InChI is InChI=1S/C17H16F3N3O2/c1-23(9-6-11-4-7-21-8-5-11)15(25)10-14(24)22-13-3-2-12(18)16(19)17(13)20/h2-5,7-8H,6,9-10H2,1H3,(H,22,24). The molecule has 0 atom stereocenters. The Hall–Kier alpha value is -2.90. The Labute approximate surface area is 142 Å². The lowest BCUT2D eigenvalue weighted by Crippen LogP contribution is -2.32. The number of carbonyl (C=O) groups is 2. The van der Waals surface area contributed by atoms with Crippen LogP contribution >= 0.6 is 0 Å². The van der Waals surface area contributed by atoms with Crippen LogP contribution in [-0.4, -0.2) is 35.3 Å². The number of hydrogen-bond donors (Lipinski definition) is 1. The molecule has 1 N–H and O–H groups in total. The molecule has 0 spiro atoms. The Morgan fingerprint density at radius 2 is 1.76 bits per heavy atom. The van der Waals surface area contributed by atoms with Gasteiger partial charge in [-0.05, 0) is 36.2 Å². The van der Waals surface area contributed by atoms with E-state index in [1.165, 1.54) is 11.9 Å². The molecular weight excluding hydrogens is 335 g/mol. The third-order valence-electron chi connectivity index (χ3n) is 3.53. The number of pyridine rings is 1. The van der Waals surface area contributed by atoms with Gasteiger partial charge in [0, 0.05) is 26.0 Å². The summed E-state index contributed by atoms with van der Waals surface area (Å²) in [6, 6.07) is 5.22. The highest BCUT2D eigenvalue weighted by Gasteiger charge is 2.18. The number of rotatable bonds is 6. The fourth-order valence-electron chi connectivity index (χ4n) is 2.06. The van der Waals surface area contributed by atoms with Gasteiger partial charge in [0.25, 0.3) is 0 Å². The molecule has 5 nitrogen and oxygen atoms in total. The number of benzene rings is 1. The minimum atomic E-state index is -1.68. The first-order chi connectivity index (χ1) is 11.9. The predicted octanol–water partition coefficient (Wildman–Crippen LogP) is 2.53. The summed E-state index contributed by atoms with van der Waals surface area (Å²) in [7, 11) is 1.54. The molecule has 0 saturated carbocycles. The summed E-state index contributed by atoms with van der Waals surface area (Å²) in [5.74, 6) is -5.84. The van der Waals surface area contributed by atoms with E-state index in [1.807, 2.05) is 12.1 Å². The van der Waals surface area contributed by atoms with Crippen molar-refractivity contribution in [3.05, 3.63) is 59.7 Å². The number of hydrogen-bond acceptors (Lipinski definition) is 3. The minimum Gasteiger partial charge on any atom is -0.345 e. The molecular formula is C17H16F3N3O2. The molecule has 0 fully saturated rings. The lowest BCUT2D eigenvalue weighted by Gasteiger charge is -2.17. The first-order valence-electron chi connectivity index (χ1n) is 7.44. The van der Waals surface area contributed by atoms with Crippen molar-refractivity contribution in [3.8, 4) is 0 Å². The molecule has 0 radical (unpaired) electrons. The number of carbonyl (C=O) groups excluding carboxylic acids is 2. The topological polar surface area (TPSA) is 62.3 Å². The van der Waals surface area contributed by atoms with Gasteiger partial charge in [-0.25, -0.2) is 13.2 Å². The molecule has 0 bridgehead atoms. The number of halogens is 3. The van der Waals surface area contributed by atoms with E-state index >= 15 is 0 Å². The number of nitrogens with one attached hydrogen (secondary N) is 1. The van der Waals surface area contributed by atoms with Crippen molar-refractivity contribution < 1.29 is 22.8 Å². The third-order valence-corrected chi connectivity index (χ3v) is 3.53. The summed E-state index contributed by atoms with van der Waals surface area (Å²) < 4.78 is 39.5. The molecule has 2 aromatic rings. The molecule has 0 aliphatic heterocycles. The second kappa shape index (κ2) is 8.27. The first kappa shape index (κ1) is 18.4. The molecule has 0 unspecified atom stereocenters. The normalized spacial score (nSPS) is 10.4. The summed E-state index contributed by atoms with van der Waals surface area (Å²) in [6.07, 6.45) is 3.33. The van der Waals surface area contributed by atoms with Gasteiger partial charge in [-0.15, -0.1) is 0 Å². The SMILES string of the molecule is CN(CCc1ccncc1)C(=O)CC(=O)Nc1ccc(F)c(F)c1F. The van der Waals surface area contributed by atoms with Crippen LogP contribution in [0.25, 0.3) is 0 Å². The highest BCUT2D eigenvalue weighted by molar-refractivity contribution is 6.03. The summed E-state index contributed by atoms with van der Waals surface area (Å²) in [5.41, 5.74) is 0.471. The molecule has 1 aromatic heterocycles. The highest BCUT2D eigenvalue weighted by Crippen LogP contribution is 2.19. The van der Waals surface area contributed by atoms with Crippen LogP contribution in [0.5, 0.6) is 0 Å². The molecule has 8 heteroatoms. The average molecular weight is 351 g/mol. The van der Waals surface area contributed by atoms with Gasteiger partial charge in [-0.2, -0.15) is 0 Å². The zero-order valence-electron chi connectivity index (χ0n) is 13.4. The van der Waals surface area contributed by atoms with E-state index in [4.69, 9.17) is 0 Å². The van der Waals surface area contributed by atoms with Crippen molar-refractivity contribution in [3.63, 3.8) is 0 Å². The maximum Gasteiger partial charge on any atom is 0.233 e. The van der Waals surface area contributed by atoms with E-state index < -0.39 is 41.4 Å². The minimum absolute atomic E-state index is 0.385. The molecule has 0 aliphatic rings. The quantitative estimate of drug-likeness (QED) is 0.643. The van der Waals surface area contributed by atoms with Crippen molar-refractivity contribution in [2.24, 2.45) is 0 Å². The van der Waals surface area contributed by atoms with E-state index in [9.17, 15) is 22.8 Å². The smallest absolute Gasteiger partial charge is 0.233 e. The zero-order valence-corrected chi connectivity index (χ0v) is 13.4. The highest BCUT2D eigenvalue weighted by atomic mass is 19.2. The van der Waals surface area contributed by atoms with Crippen molar-refractivity contribution in [1.82, 2.24) is 9.88 Å². The summed E-state index contributed by atoms with van der Waals surface area (Å²) in [4.78, 5) is 29.1. The second-order valence-electron chi connectivity index (χ2n) is 5.37. The Morgan fingerprint density at radius 1 is 1.08 bits per heavy atom. The third kappa shape index (κ3) is 5.03. The maximum absolute atomic E-state index is 13.5. The molecule has 2 rings (SSSR count). The predicted molar refractivity (Wildman–Crippen MR) is 85.1 cm³/mol. The van der Waals surface area contributed by atoms with Gasteiger partial charge in [-0.3, -0.25) is 14.6 Å². The average Bonchev–Trinajstić information content (AvgIpc) is 2.61. The molecule has 1 heterocycles. The molecule has 132 valence electrons. The molecule has 25 heavy (non-hydrogen) atoms. The number of nitrogens with zero attached hydrogens (tertiary/aromatic N) is 2. The van der Waals surface area contributed by atoms with Gasteiger partial charge < -0.3 is 10.2 Å². The summed E-state index contributed by atoms with van der Waals surface area (Å²) in [6.45, 7) is 0.385. The van der Waals surface area contributed by atoms with Gasteiger partial charge in [-0.1, -0.05) is 0 Å². The Kier molecular flexibility index (Phi) is 6.10. The van der Waals surface area contributed by atoms with Crippen LogP contribution in [0.1, 0.15) is 12.0 Å². The number of likely N-dealkylation sites (N-methyl/N-ethyl adjacent to an activating group) is 1. The fraction of sp³-hybridized carbons (Fsp3) is 0.235. The van der Waals surface area contributed by atoms with Crippen LogP contribution in [-0.2, 0) is 16.0 Å². The van der Waals surface area contributed by atoms with Gasteiger partial charge in [0.15, 0.2) is 17.5 Å². The number of anilines is 1. The van der Waals surface area contributed by atoms with E-state index in [0.29, 0.717) is 19.0 Å². The van der Waals surface area contributed by atoms with Crippen molar-refractivity contribution >= 4 is 17.5 Å². The summed E-state index contributed by atoms with van der Waals surface area (Å²) >= 11 is 0. The fourth-order valence-corrected chi connectivity index (χ4v) is 2.06. The number of amides is 2. The monoisotopic (exact) mass is 351 g/mol. The zero-order chi connectivity index (χ0) is 18.4. The first-order valence-corrected chi connectivity index (χ1v) is 7.44. The van der Waals surface area contributed by atoms with Crippen LogP contribution in [0, 0.1) is 17.5 Å². The van der Waals surface area contributed by atoms with Crippen molar-refractivity contribution in [2.45, 2.75) is 12.8 Å². The lowest BCUT2D eigenvalue weighted by molar-refractivity contribution is -0.133. The van der Waals surface area contributed by atoms with Gasteiger partial charge >= 0.3 is 0 Å². The lowest BCUT2D eigenvalue weighted by atomic mass is 10.2. The van der Waals surface area contributed by atoms with E-state index in [0.717, 1.165) is 11.6 Å². The summed E-state index contributed by atoms with van der Waals surface area (Å²) in [5, 5.41) is 2.06. The van der Waals surface area contributed by atoms with Crippen LogP contribution < -0.4 is 5.32 Å². The maximum atomic E-state index is 13.5. The number of aromatic nitrogens is 1. The van der Waals surface area contributed by atoms with Crippen molar-refractivity contribution in [2.75, 3.05) is 18.9 Å². The molecule has 2 amide bonds. The van der Waals surface area contributed by atoms with E-state index in [-0.39, 0.29) is 0 Å². The van der Waals surface area contributed by atoms with Gasteiger partial charge in [0.05, 0.1) is 5.69 Å². The van der Waals surface area contributed by atoms with Crippen LogP contribution in [0.3, 0.4) is 0 Å². The second-order valence-corrected chi connectivity index (χ2v) is 5.37. The van der Waals surface area contributed by atoms with Gasteiger partial charge in [0.2, 0.25) is 11.8 Å². The van der Waals surface area contributed by atoms with Crippen LogP contribution in [0.4, 0.5) is 18.9 Å². The molecule has 0 aliphatic carbocycles. The van der Waals surface area contributed by atoms with Gasteiger partial charge in [0.1, 0.15) is 6.42 Å². The van der Waals surface area contributed by atoms with Crippen LogP contribution in [0.2, 0.25) is 0 Å². The van der Waals surface area contributed by atoms with Crippen LogP contribution in [0.15, 0.2) is 36.7 Å². The largest absolute Gasteiger partial charge is 0.345 e. The van der Waals surface area contributed by atoms with E-state index in [2.05, 4.69) is 10.3 Å².